The molecule has 2 heterocycles. The van der Waals surface area contributed by atoms with Gasteiger partial charge in [0.15, 0.2) is 17.0 Å². The molecule has 1 fully saturated rings. The van der Waals surface area contributed by atoms with Crippen molar-refractivity contribution in [3.05, 3.63) is 48.0 Å². The van der Waals surface area contributed by atoms with Gasteiger partial charge in [0.25, 0.3) is 0 Å². The van der Waals surface area contributed by atoms with Gasteiger partial charge in [-0.3, -0.25) is 0 Å². The minimum absolute atomic E-state index is 0.181. The van der Waals surface area contributed by atoms with Crippen LogP contribution in [0.15, 0.2) is 36.7 Å². The molecule has 0 amide bonds. The van der Waals surface area contributed by atoms with Gasteiger partial charge in [-0.15, -0.1) is 0 Å². The Bertz CT molecular complexity index is 903. The number of nitrogens with one attached hydrogen (secondary N) is 1. The molecule has 3 aromatic rings. The van der Waals surface area contributed by atoms with Crippen LogP contribution in [0.2, 0.25) is 0 Å². The summed E-state index contributed by atoms with van der Waals surface area (Å²) in [5, 5.41) is 12.8. The fourth-order valence-electron chi connectivity index (χ4n) is 3.43. The summed E-state index contributed by atoms with van der Waals surface area (Å²) < 4.78 is 1.97. The van der Waals surface area contributed by atoms with Gasteiger partial charge in [0.05, 0.1) is 12.9 Å². The molecular formula is C19H20N6. The molecule has 0 unspecified atom stereocenters. The van der Waals surface area contributed by atoms with Gasteiger partial charge >= 0.3 is 0 Å². The van der Waals surface area contributed by atoms with Crippen molar-refractivity contribution in [2.45, 2.75) is 44.7 Å². The van der Waals surface area contributed by atoms with E-state index in [0.717, 1.165) is 18.4 Å². The molecule has 1 N–H and O–H groups in total. The Kier molecular flexibility index (Phi) is 4.30. The van der Waals surface area contributed by atoms with E-state index in [1.54, 1.807) is 6.33 Å². The van der Waals surface area contributed by atoms with Crippen molar-refractivity contribution in [1.82, 2.24) is 19.5 Å². The molecule has 0 aliphatic heterocycles. The molecular weight excluding hydrogens is 312 g/mol. The summed E-state index contributed by atoms with van der Waals surface area (Å²) in [5.74, 6) is 0.862. The Labute approximate surface area is 146 Å². The second kappa shape index (κ2) is 6.89. The van der Waals surface area contributed by atoms with Crippen molar-refractivity contribution in [2.24, 2.45) is 0 Å². The summed E-state index contributed by atoms with van der Waals surface area (Å²) in [6, 6.07) is 12.6. The van der Waals surface area contributed by atoms with Crippen LogP contribution in [0.3, 0.4) is 0 Å². The van der Waals surface area contributed by atoms with Crippen molar-refractivity contribution in [3.63, 3.8) is 0 Å². The number of benzene rings is 1. The molecule has 6 heteroatoms. The third kappa shape index (κ3) is 3.31. The topological polar surface area (TPSA) is 79.4 Å². The van der Waals surface area contributed by atoms with Gasteiger partial charge < -0.3 is 9.88 Å². The molecule has 1 saturated carbocycles. The third-order valence-corrected chi connectivity index (χ3v) is 4.71. The molecule has 126 valence electrons. The third-order valence-electron chi connectivity index (χ3n) is 4.71. The zero-order valence-electron chi connectivity index (χ0n) is 14.0. The van der Waals surface area contributed by atoms with Crippen LogP contribution in [0, 0.1) is 11.3 Å². The van der Waals surface area contributed by atoms with Crippen LogP contribution in [-0.2, 0) is 6.54 Å². The molecule has 0 spiro atoms. The molecule has 0 saturated heterocycles. The standard InChI is InChI=1S/C19H20N6/c20-11-16-23-18(22-15-9-5-2-6-10-15)17-19(24-16)25(13-21-17)12-14-7-3-1-4-8-14/h1,3-4,7-8,13,15H,2,5-6,9-10,12H2,(H,22,23,24). The van der Waals surface area contributed by atoms with Crippen LogP contribution >= 0.6 is 0 Å². The normalized spacial score (nSPS) is 15.2. The van der Waals surface area contributed by atoms with E-state index in [9.17, 15) is 5.26 Å². The first-order chi connectivity index (χ1) is 12.3. The lowest BCUT2D eigenvalue weighted by molar-refractivity contribution is 0.462. The predicted molar refractivity (Wildman–Crippen MR) is 96.1 cm³/mol. The van der Waals surface area contributed by atoms with Crippen molar-refractivity contribution < 1.29 is 0 Å². The number of nitriles is 1. The van der Waals surface area contributed by atoms with E-state index in [0.29, 0.717) is 24.1 Å². The summed E-state index contributed by atoms with van der Waals surface area (Å²) in [7, 11) is 0. The first-order valence-corrected chi connectivity index (χ1v) is 8.77. The van der Waals surface area contributed by atoms with Crippen molar-refractivity contribution in [3.8, 4) is 6.07 Å². The van der Waals surface area contributed by atoms with E-state index >= 15 is 0 Å². The van der Waals surface area contributed by atoms with Gasteiger partial charge in [0.2, 0.25) is 5.82 Å². The van der Waals surface area contributed by atoms with Crippen molar-refractivity contribution in [2.75, 3.05) is 5.32 Å². The summed E-state index contributed by atoms with van der Waals surface area (Å²) in [4.78, 5) is 13.3. The number of rotatable bonds is 4. The fourth-order valence-corrected chi connectivity index (χ4v) is 3.43. The molecule has 0 radical (unpaired) electrons. The summed E-state index contributed by atoms with van der Waals surface area (Å²) in [5.41, 5.74) is 2.61. The van der Waals surface area contributed by atoms with Gasteiger partial charge in [-0.05, 0) is 18.4 Å². The van der Waals surface area contributed by atoms with E-state index < -0.39 is 0 Å². The fraction of sp³-hybridized carbons (Fsp3) is 0.368. The average Bonchev–Trinajstić information content (AvgIpc) is 3.06. The Morgan fingerprint density at radius 1 is 1.12 bits per heavy atom. The maximum Gasteiger partial charge on any atom is 0.236 e. The van der Waals surface area contributed by atoms with E-state index in [4.69, 9.17) is 0 Å². The SMILES string of the molecule is N#Cc1nc(NC2CCCCC2)c2ncn(Cc3ccccc3)c2n1. The largest absolute Gasteiger partial charge is 0.365 e. The number of anilines is 1. The second-order valence-electron chi connectivity index (χ2n) is 6.52. The molecule has 6 nitrogen and oxygen atoms in total. The van der Waals surface area contributed by atoms with Crippen LogP contribution < -0.4 is 5.32 Å². The number of imidazole rings is 1. The van der Waals surface area contributed by atoms with Crippen LogP contribution in [0.4, 0.5) is 5.82 Å². The number of aromatic nitrogens is 4. The monoisotopic (exact) mass is 332 g/mol. The number of hydrogen-bond acceptors (Lipinski definition) is 5. The second-order valence-corrected chi connectivity index (χ2v) is 6.52. The molecule has 1 aliphatic carbocycles. The quantitative estimate of drug-likeness (QED) is 0.791. The zero-order chi connectivity index (χ0) is 17.1. The van der Waals surface area contributed by atoms with Gasteiger partial charge in [-0.1, -0.05) is 49.6 Å². The summed E-state index contributed by atoms with van der Waals surface area (Å²) in [6.07, 6.45) is 7.82. The van der Waals surface area contributed by atoms with Crippen LogP contribution in [-0.4, -0.2) is 25.6 Å². The lowest BCUT2D eigenvalue weighted by atomic mass is 9.95. The van der Waals surface area contributed by atoms with Crippen molar-refractivity contribution >= 4 is 17.0 Å². The van der Waals surface area contributed by atoms with Gasteiger partial charge in [-0.25, -0.2) is 4.98 Å². The Morgan fingerprint density at radius 3 is 2.68 bits per heavy atom. The van der Waals surface area contributed by atoms with Gasteiger partial charge in [-0.2, -0.15) is 15.2 Å². The first kappa shape index (κ1) is 15.6. The lowest BCUT2D eigenvalue weighted by Crippen LogP contribution is -2.23. The highest BCUT2D eigenvalue weighted by molar-refractivity contribution is 5.83. The molecule has 0 atom stereocenters. The highest BCUT2D eigenvalue weighted by Gasteiger charge is 2.18. The lowest BCUT2D eigenvalue weighted by Gasteiger charge is -2.23. The van der Waals surface area contributed by atoms with E-state index in [1.165, 1.54) is 24.8 Å². The van der Waals surface area contributed by atoms with Crippen LogP contribution in [0.25, 0.3) is 11.2 Å². The maximum atomic E-state index is 9.31. The minimum atomic E-state index is 0.181. The summed E-state index contributed by atoms with van der Waals surface area (Å²) >= 11 is 0. The predicted octanol–water partition coefficient (Wildman–Crippen LogP) is 3.49. The highest BCUT2D eigenvalue weighted by Crippen LogP contribution is 2.25. The van der Waals surface area contributed by atoms with Gasteiger partial charge in [0.1, 0.15) is 6.07 Å². The Hall–Kier alpha value is -2.94. The number of hydrogen-bond donors (Lipinski definition) is 1. The maximum absolute atomic E-state index is 9.31. The molecule has 1 aliphatic rings. The molecule has 25 heavy (non-hydrogen) atoms. The highest BCUT2D eigenvalue weighted by atomic mass is 15.2. The van der Waals surface area contributed by atoms with Crippen LogP contribution in [0.5, 0.6) is 0 Å². The van der Waals surface area contributed by atoms with E-state index in [-0.39, 0.29) is 5.82 Å². The van der Waals surface area contributed by atoms with Crippen LogP contribution in [0.1, 0.15) is 43.5 Å². The number of fused-ring (bicyclic) bond motifs is 1. The molecule has 4 rings (SSSR count). The smallest absolute Gasteiger partial charge is 0.236 e. The molecule has 1 aromatic carbocycles. The van der Waals surface area contributed by atoms with Crippen molar-refractivity contribution in [1.29, 1.82) is 5.26 Å². The first-order valence-electron chi connectivity index (χ1n) is 8.77. The minimum Gasteiger partial charge on any atom is -0.365 e. The molecule has 0 bridgehead atoms. The Morgan fingerprint density at radius 2 is 1.92 bits per heavy atom. The zero-order valence-corrected chi connectivity index (χ0v) is 14.0. The van der Waals surface area contributed by atoms with Gasteiger partial charge in [0, 0.05) is 6.04 Å². The summed E-state index contributed by atoms with van der Waals surface area (Å²) in [6.45, 7) is 0.669. The number of nitrogens with zero attached hydrogens (tertiary/aromatic N) is 5. The average molecular weight is 332 g/mol. The Balaban J connectivity index is 1.70. The van der Waals surface area contributed by atoms with E-state index in [1.807, 2.05) is 22.8 Å². The van der Waals surface area contributed by atoms with E-state index in [2.05, 4.69) is 38.5 Å². The molecule has 2 aromatic heterocycles.